The summed E-state index contributed by atoms with van der Waals surface area (Å²) < 4.78 is 5.84. The molecule has 0 aliphatic carbocycles. The van der Waals surface area contributed by atoms with Crippen molar-refractivity contribution >= 4 is 11.5 Å². The van der Waals surface area contributed by atoms with Crippen LogP contribution in [0.2, 0.25) is 0 Å². The van der Waals surface area contributed by atoms with E-state index in [0.29, 0.717) is 12.1 Å². The van der Waals surface area contributed by atoms with E-state index >= 15 is 0 Å². The zero-order valence-electron chi connectivity index (χ0n) is 12.7. The van der Waals surface area contributed by atoms with Crippen molar-refractivity contribution < 1.29 is 9.53 Å². The van der Waals surface area contributed by atoms with Crippen molar-refractivity contribution in [3.63, 3.8) is 0 Å². The predicted octanol–water partition coefficient (Wildman–Crippen LogP) is 2.84. The van der Waals surface area contributed by atoms with Gasteiger partial charge in [0.25, 0.3) is 0 Å². The van der Waals surface area contributed by atoms with Crippen LogP contribution in [0.25, 0.3) is 0 Å². The smallest absolute Gasteiger partial charge is 0.176 e. The molecule has 0 fully saturated rings. The maximum atomic E-state index is 12.2. The van der Waals surface area contributed by atoms with E-state index in [1.807, 2.05) is 39.0 Å². The monoisotopic (exact) mass is 276 g/mol. The second-order valence-electron chi connectivity index (χ2n) is 6.27. The van der Waals surface area contributed by atoms with E-state index < -0.39 is 0 Å². The number of carbonyl (C=O) groups is 1. The van der Waals surface area contributed by atoms with E-state index in [0.717, 1.165) is 24.4 Å². The number of Topliss-reactive ketones (excluding diaryl/α,β-unsaturated/α-hetero) is 1. The molecule has 0 saturated carbocycles. The summed E-state index contributed by atoms with van der Waals surface area (Å²) in [5.74, 6) is 0.936. The maximum absolute atomic E-state index is 12.2. The number of fused-ring (bicyclic) bond motifs is 1. The summed E-state index contributed by atoms with van der Waals surface area (Å²) in [5, 5.41) is 6.55. The molecule has 0 bridgehead atoms. The molecule has 2 rings (SSSR count). The third kappa shape index (κ3) is 3.73. The molecular weight excluding hydrogens is 252 g/mol. The van der Waals surface area contributed by atoms with Crippen LogP contribution >= 0.6 is 0 Å². The average Bonchev–Trinajstić information content (AvgIpc) is 2.42. The normalized spacial score (nSPS) is 17.9. The minimum Gasteiger partial charge on any atom is -0.486 e. The molecule has 1 aliphatic rings. The molecule has 0 spiro atoms. The zero-order valence-corrected chi connectivity index (χ0v) is 12.7. The molecule has 20 heavy (non-hydrogen) atoms. The van der Waals surface area contributed by atoms with Gasteiger partial charge in [-0.2, -0.15) is 0 Å². The Morgan fingerprint density at radius 1 is 1.45 bits per heavy atom. The predicted molar refractivity (Wildman–Crippen MR) is 81.7 cm³/mol. The van der Waals surface area contributed by atoms with Crippen LogP contribution in [-0.2, 0) is 0 Å². The van der Waals surface area contributed by atoms with Crippen molar-refractivity contribution in [2.24, 2.45) is 0 Å². The minimum atomic E-state index is -0.0560. The summed E-state index contributed by atoms with van der Waals surface area (Å²) in [7, 11) is 0. The molecule has 0 amide bonds. The summed E-state index contributed by atoms with van der Waals surface area (Å²) in [6, 6.07) is 5.60. The lowest BCUT2D eigenvalue weighted by molar-refractivity contribution is 0.0982. The first-order valence-electron chi connectivity index (χ1n) is 7.22. The molecule has 4 nitrogen and oxygen atoms in total. The fourth-order valence-corrected chi connectivity index (χ4v) is 2.06. The van der Waals surface area contributed by atoms with Gasteiger partial charge in [-0.05, 0) is 45.4 Å². The van der Waals surface area contributed by atoms with Crippen molar-refractivity contribution in [1.29, 1.82) is 0 Å². The first-order valence-corrected chi connectivity index (χ1v) is 7.22. The van der Waals surface area contributed by atoms with E-state index in [-0.39, 0.29) is 17.4 Å². The SMILES string of the molecule is CCC1CNc2cc(C(=O)CNC(C)(C)C)ccc2O1. The molecular formula is C16H24N2O2. The molecule has 110 valence electrons. The Bertz CT molecular complexity index is 492. The average molecular weight is 276 g/mol. The zero-order chi connectivity index (χ0) is 14.8. The van der Waals surface area contributed by atoms with Crippen LogP contribution in [0.15, 0.2) is 18.2 Å². The number of ether oxygens (including phenoxy) is 1. The van der Waals surface area contributed by atoms with Crippen molar-refractivity contribution in [3.8, 4) is 5.75 Å². The Kier molecular flexibility index (Phi) is 4.33. The van der Waals surface area contributed by atoms with Gasteiger partial charge in [-0.15, -0.1) is 0 Å². The fraction of sp³-hybridized carbons (Fsp3) is 0.562. The Labute approximate surface area is 120 Å². The summed E-state index contributed by atoms with van der Waals surface area (Å²) in [4.78, 5) is 12.2. The van der Waals surface area contributed by atoms with Crippen LogP contribution in [0.5, 0.6) is 5.75 Å². The van der Waals surface area contributed by atoms with Gasteiger partial charge in [0.05, 0.1) is 18.8 Å². The van der Waals surface area contributed by atoms with Crippen LogP contribution in [0.4, 0.5) is 5.69 Å². The fourth-order valence-electron chi connectivity index (χ4n) is 2.06. The minimum absolute atomic E-state index is 0.0560. The third-order valence-electron chi connectivity index (χ3n) is 3.35. The van der Waals surface area contributed by atoms with Gasteiger partial charge in [-0.25, -0.2) is 0 Å². The van der Waals surface area contributed by atoms with E-state index in [2.05, 4.69) is 17.6 Å². The standard InChI is InChI=1S/C16H24N2O2/c1-5-12-9-17-13-8-11(6-7-15(13)20-12)14(19)10-18-16(2,3)4/h6-8,12,17-18H,5,9-10H2,1-4H3. The Morgan fingerprint density at radius 2 is 2.20 bits per heavy atom. The highest BCUT2D eigenvalue weighted by Gasteiger charge is 2.19. The number of ketones is 1. The van der Waals surface area contributed by atoms with Crippen LogP contribution in [0.3, 0.4) is 0 Å². The lowest BCUT2D eigenvalue weighted by Crippen LogP contribution is -2.39. The van der Waals surface area contributed by atoms with Gasteiger partial charge in [0.15, 0.2) is 5.78 Å². The summed E-state index contributed by atoms with van der Waals surface area (Å²) in [6.45, 7) is 9.39. The number of anilines is 1. The first kappa shape index (κ1) is 14.9. The number of carbonyl (C=O) groups excluding carboxylic acids is 1. The molecule has 4 heteroatoms. The van der Waals surface area contributed by atoms with Crippen molar-refractivity contribution in [3.05, 3.63) is 23.8 Å². The van der Waals surface area contributed by atoms with Gasteiger partial charge in [0, 0.05) is 11.1 Å². The van der Waals surface area contributed by atoms with Crippen LogP contribution in [-0.4, -0.2) is 30.5 Å². The molecule has 1 unspecified atom stereocenters. The lowest BCUT2D eigenvalue weighted by Gasteiger charge is -2.27. The molecule has 1 aromatic carbocycles. The van der Waals surface area contributed by atoms with Crippen molar-refractivity contribution in [1.82, 2.24) is 5.32 Å². The van der Waals surface area contributed by atoms with Crippen LogP contribution in [0.1, 0.15) is 44.5 Å². The summed E-state index contributed by atoms with van der Waals surface area (Å²) >= 11 is 0. The molecule has 1 heterocycles. The highest BCUT2D eigenvalue weighted by atomic mass is 16.5. The molecule has 1 aromatic rings. The Hall–Kier alpha value is -1.55. The van der Waals surface area contributed by atoms with Gasteiger partial charge in [0.1, 0.15) is 11.9 Å². The van der Waals surface area contributed by atoms with E-state index in [4.69, 9.17) is 4.74 Å². The van der Waals surface area contributed by atoms with Gasteiger partial charge in [-0.3, -0.25) is 4.79 Å². The second-order valence-corrected chi connectivity index (χ2v) is 6.27. The van der Waals surface area contributed by atoms with Gasteiger partial charge in [-0.1, -0.05) is 6.92 Å². The number of hydrogen-bond acceptors (Lipinski definition) is 4. The van der Waals surface area contributed by atoms with E-state index in [9.17, 15) is 4.79 Å². The highest BCUT2D eigenvalue weighted by Crippen LogP contribution is 2.30. The summed E-state index contributed by atoms with van der Waals surface area (Å²) in [5.41, 5.74) is 1.57. The van der Waals surface area contributed by atoms with Crippen molar-refractivity contribution in [2.45, 2.75) is 45.8 Å². The highest BCUT2D eigenvalue weighted by molar-refractivity contribution is 5.98. The molecule has 2 N–H and O–H groups in total. The quantitative estimate of drug-likeness (QED) is 0.830. The largest absolute Gasteiger partial charge is 0.486 e. The maximum Gasteiger partial charge on any atom is 0.176 e. The third-order valence-corrected chi connectivity index (χ3v) is 3.35. The van der Waals surface area contributed by atoms with Gasteiger partial charge >= 0.3 is 0 Å². The van der Waals surface area contributed by atoms with E-state index in [1.54, 1.807) is 0 Å². The molecule has 0 radical (unpaired) electrons. The lowest BCUT2D eigenvalue weighted by atomic mass is 10.1. The van der Waals surface area contributed by atoms with Crippen LogP contribution < -0.4 is 15.4 Å². The molecule has 1 aliphatic heterocycles. The molecule has 1 atom stereocenters. The number of nitrogens with one attached hydrogen (secondary N) is 2. The Morgan fingerprint density at radius 3 is 2.85 bits per heavy atom. The topological polar surface area (TPSA) is 50.4 Å². The number of rotatable bonds is 4. The van der Waals surface area contributed by atoms with Gasteiger partial charge < -0.3 is 15.4 Å². The molecule has 0 saturated heterocycles. The molecule has 0 aromatic heterocycles. The number of hydrogen-bond donors (Lipinski definition) is 2. The van der Waals surface area contributed by atoms with Gasteiger partial charge in [0.2, 0.25) is 0 Å². The Balaban J connectivity index is 2.06. The second kappa shape index (κ2) is 5.83. The first-order chi connectivity index (χ1) is 9.39. The van der Waals surface area contributed by atoms with Crippen molar-refractivity contribution in [2.75, 3.05) is 18.4 Å². The van der Waals surface area contributed by atoms with Crippen LogP contribution in [0, 0.1) is 0 Å². The summed E-state index contributed by atoms with van der Waals surface area (Å²) in [6.07, 6.45) is 1.19. The van der Waals surface area contributed by atoms with E-state index in [1.165, 1.54) is 0 Å². The number of benzene rings is 1.